The largest absolute Gasteiger partial charge is 0.336 e. The maximum atomic E-state index is 12.5. The van der Waals surface area contributed by atoms with Crippen molar-refractivity contribution >= 4 is 15.9 Å². The van der Waals surface area contributed by atoms with Gasteiger partial charge in [0.2, 0.25) is 15.9 Å². The number of nitrogens with two attached hydrogens (primary N) is 1. The monoisotopic (exact) mass is 348 g/mol. The zero-order chi connectivity index (χ0) is 17.2. The van der Waals surface area contributed by atoms with Crippen LogP contribution >= 0.6 is 0 Å². The Morgan fingerprint density at radius 1 is 1.29 bits per heavy atom. The second-order valence-corrected chi connectivity index (χ2v) is 7.45. The van der Waals surface area contributed by atoms with Crippen molar-refractivity contribution in [1.82, 2.24) is 14.7 Å². The van der Waals surface area contributed by atoms with Gasteiger partial charge < -0.3 is 4.90 Å². The molecule has 1 aliphatic heterocycles. The van der Waals surface area contributed by atoms with Crippen molar-refractivity contribution in [3.63, 3.8) is 0 Å². The lowest BCUT2D eigenvalue weighted by Gasteiger charge is -2.25. The van der Waals surface area contributed by atoms with Gasteiger partial charge in [-0.25, -0.2) is 13.6 Å². The van der Waals surface area contributed by atoms with E-state index in [4.69, 9.17) is 5.14 Å². The van der Waals surface area contributed by atoms with Crippen LogP contribution in [0.15, 0.2) is 47.6 Å². The van der Waals surface area contributed by atoms with E-state index in [1.807, 2.05) is 35.2 Å². The number of benzene rings is 1. The molecule has 0 aliphatic carbocycles. The van der Waals surface area contributed by atoms with E-state index in [-0.39, 0.29) is 23.3 Å². The first-order valence-corrected chi connectivity index (χ1v) is 9.39. The summed E-state index contributed by atoms with van der Waals surface area (Å²) < 4.78 is 23.9. The maximum Gasteiger partial charge on any atom is 0.241 e. The average molecular weight is 348 g/mol. The second kappa shape index (κ2) is 6.74. The fraction of sp³-hybridized carbons (Fsp3) is 0.375. The Kier molecular flexibility index (Phi) is 4.68. The standard InChI is InChI=1S/C16H20N4O3S/c17-24(22,23)14-11-18-19(12-14)10-8-16(21)20-9-4-7-15(20)13-5-2-1-3-6-13/h1-3,5-6,11-12,15H,4,7-10H2,(H2,17,22,23)/t15-/m1/s1. The fourth-order valence-electron chi connectivity index (χ4n) is 3.05. The van der Waals surface area contributed by atoms with Gasteiger partial charge in [0.05, 0.1) is 12.2 Å². The molecule has 0 unspecified atom stereocenters. The number of likely N-dealkylation sites (tertiary alicyclic amines) is 1. The molecule has 1 aromatic carbocycles. The van der Waals surface area contributed by atoms with E-state index < -0.39 is 10.0 Å². The number of carbonyl (C=O) groups is 1. The molecule has 128 valence electrons. The normalized spacial score (nSPS) is 18.0. The zero-order valence-corrected chi connectivity index (χ0v) is 14.0. The summed E-state index contributed by atoms with van der Waals surface area (Å²) in [6.07, 6.45) is 4.77. The van der Waals surface area contributed by atoms with Gasteiger partial charge in [0.25, 0.3) is 0 Å². The lowest BCUT2D eigenvalue weighted by molar-refractivity contribution is -0.132. The maximum absolute atomic E-state index is 12.5. The molecule has 0 spiro atoms. The molecule has 0 bridgehead atoms. The minimum absolute atomic E-state index is 0.0433. The molecule has 8 heteroatoms. The Morgan fingerprint density at radius 3 is 2.71 bits per heavy atom. The number of sulfonamides is 1. The van der Waals surface area contributed by atoms with Gasteiger partial charge in [-0.3, -0.25) is 9.48 Å². The summed E-state index contributed by atoms with van der Waals surface area (Å²) in [5, 5.41) is 9.00. The van der Waals surface area contributed by atoms with E-state index in [9.17, 15) is 13.2 Å². The lowest BCUT2D eigenvalue weighted by Crippen LogP contribution is -2.31. The molecule has 1 aliphatic rings. The summed E-state index contributed by atoms with van der Waals surface area (Å²) in [5.41, 5.74) is 1.15. The van der Waals surface area contributed by atoms with E-state index in [1.54, 1.807) is 0 Å². The van der Waals surface area contributed by atoms with E-state index in [1.165, 1.54) is 17.1 Å². The van der Waals surface area contributed by atoms with Gasteiger partial charge in [-0.1, -0.05) is 30.3 Å². The lowest BCUT2D eigenvalue weighted by atomic mass is 10.0. The van der Waals surface area contributed by atoms with Crippen LogP contribution in [0.2, 0.25) is 0 Å². The minimum atomic E-state index is -3.76. The van der Waals surface area contributed by atoms with Crippen LogP contribution in [0.5, 0.6) is 0 Å². The highest BCUT2D eigenvalue weighted by atomic mass is 32.2. The second-order valence-electron chi connectivity index (χ2n) is 5.89. The first-order valence-electron chi connectivity index (χ1n) is 7.85. The molecule has 24 heavy (non-hydrogen) atoms. The third kappa shape index (κ3) is 3.65. The Labute approximate surface area is 141 Å². The van der Waals surface area contributed by atoms with Gasteiger partial charge in [-0.05, 0) is 18.4 Å². The molecule has 2 N–H and O–H groups in total. The smallest absolute Gasteiger partial charge is 0.241 e. The SMILES string of the molecule is NS(=O)(=O)c1cnn(CCC(=O)N2CCC[C@@H]2c2ccccc2)c1. The van der Waals surface area contributed by atoms with E-state index >= 15 is 0 Å². The van der Waals surface area contributed by atoms with Crippen molar-refractivity contribution in [2.45, 2.75) is 36.7 Å². The van der Waals surface area contributed by atoms with Crippen LogP contribution in [0.4, 0.5) is 0 Å². The van der Waals surface area contributed by atoms with Crippen LogP contribution in [0.3, 0.4) is 0 Å². The molecular weight excluding hydrogens is 328 g/mol. The molecule has 7 nitrogen and oxygen atoms in total. The number of hydrogen-bond acceptors (Lipinski definition) is 4. The van der Waals surface area contributed by atoms with Crippen molar-refractivity contribution in [3.05, 3.63) is 48.3 Å². The van der Waals surface area contributed by atoms with Crippen molar-refractivity contribution in [3.8, 4) is 0 Å². The highest BCUT2D eigenvalue weighted by Crippen LogP contribution is 2.32. The molecule has 1 aromatic heterocycles. The molecule has 1 fully saturated rings. The predicted octanol–water partition coefficient (Wildman–Crippen LogP) is 1.28. The van der Waals surface area contributed by atoms with Crippen LogP contribution < -0.4 is 5.14 Å². The number of rotatable bonds is 5. The van der Waals surface area contributed by atoms with Crippen LogP contribution in [0, 0.1) is 0 Å². The molecule has 2 aromatic rings. The van der Waals surface area contributed by atoms with Crippen LogP contribution in [-0.2, 0) is 21.4 Å². The van der Waals surface area contributed by atoms with Crippen LogP contribution in [0.25, 0.3) is 0 Å². The molecule has 1 saturated heterocycles. The number of primary sulfonamides is 1. The van der Waals surface area contributed by atoms with Crippen molar-refractivity contribution in [2.24, 2.45) is 5.14 Å². The van der Waals surface area contributed by atoms with E-state index in [2.05, 4.69) is 5.10 Å². The average Bonchev–Trinajstić information content (AvgIpc) is 3.22. The van der Waals surface area contributed by atoms with Gasteiger partial charge in [-0.15, -0.1) is 0 Å². The molecule has 0 saturated carbocycles. The quantitative estimate of drug-likeness (QED) is 0.880. The Hall–Kier alpha value is -2.19. The number of hydrogen-bond donors (Lipinski definition) is 1. The van der Waals surface area contributed by atoms with E-state index in [0.717, 1.165) is 24.9 Å². The van der Waals surface area contributed by atoms with Crippen LogP contribution in [-0.4, -0.2) is 35.6 Å². The van der Waals surface area contributed by atoms with Crippen molar-refractivity contribution in [2.75, 3.05) is 6.54 Å². The third-order valence-corrected chi connectivity index (χ3v) is 5.12. The number of aromatic nitrogens is 2. The molecule has 1 amide bonds. The van der Waals surface area contributed by atoms with Gasteiger partial charge >= 0.3 is 0 Å². The summed E-state index contributed by atoms with van der Waals surface area (Å²) in [6.45, 7) is 1.08. The molecule has 2 heterocycles. The highest BCUT2D eigenvalue weighted by Gasteiger charge is 2.29. The molecular formula is C16H20N4O3S. The topological polar surface area (TPSA) is 98.3 Å². The van der Waals surface area contributed by atoms with Crippen molar-refractivity contribution < 1.29 is 13.2 Å². The number of carbonyl (C=O) groups excluding carboxylic acids is 1. The van der Waals surface area contributed by atoms with Gasteiger partial charge in [0.1, 0.15) is 4.90 Å². The third-order valence-electron chi connectivity index (χ3n) is 4.25. The Bertz CT molecular complexity index is 817. The number of amides is 1. The zero-order valence-electron chi connectivity index (χ0n) is 13.2. The summed E-state index contributed by atoms with van der Waals surface area (Å²) in [5.74, 6) is 0.0500. The number of nitrogens with zero attached hydrogens (tertiary/aromatic N) is 3. The van der Waals surface area contributed by atoms with Crippen LogP contribution in [0.1, 0.15) is 30.9 Å². The Morgan fingerprint density at radius 2 is 2.04 bits per heavy atom. The number of aryl methyl sites for hydroxylation is 1. The first-order chi connectivity index (χ1) is 11.4. The van der Waals surface area contributed by atoms with Gasteiger partial charge in [0, 0.05) is 25.7 Å². The van der Waals surface area contributed by atoms with Gasteiger partial charge in [0.15, 0.2) is 0 Å². The van der Waals surface area contributed by atoms with Crippen molar-refractivity contribution in [1.29, 1.82) is 0 Å². The van der Waals surface area contributed by atoms with E-state index in [0.29, 0.717) is 6.54 Å². The fourth-order valence-corrected chi connectivity index (χ4v) is 3.52. The van der Waals surface area contributed by atoms with Gasteiger partial charge in [-0.2, -0.15) is 5.10 Å². The molecule has 3 rings (SSSR count). The summed E-state index contributed by atoms with van der Waals surface area (Å²) in [6, 6.07) is 10.1. The summed E-state index contributed by atoms with van der Waals surface area (Å²) in [7, 11) is -3.76. The minimum Gasteiger partial charge on any atom is -0.336 e. The Balaban J connectivity index is 1.63. The predicted molar refractivity (Wildman–Crippen MR) is 88.3 cm³/mol. The highest BCUT2D eigenvalue weighted by molar-refractivity contribution is 7.89. The summed E-state index contributed by atoms with van der Waals surface area (Å²) in [4.78, 5) is 14.4. The molecule has 0 radical (unpaired) electrons. The molecule has 1 atom stereocenters. The summed E-state index contributed by atoms with van der Waals surface area (Å²) >= 11 is 0. The first kappa shape index (κ1) is 16.7.